The Morgan fingerprint density at radius 3 is 2.48 bits per heavy atom. The van der Waals surface area contributed by atoms with E-state index in [0.29, 0.717) is 12.1 Å². The van der Waals surface area contributed by atoms with Crippen molar-refractivity contribution in [2.24, 2.45) is 0 Å². The van der Waals surface area contributed by atoms with Crippen molar-refractivity contribution < 1.29 is 4.74 Å². The number of benzene rings is 1. The molecular weight excluding hydrogens is 260 g/mol. The normalized spacial score (nSPS) is 18.0. The molecule has 1 N–H and O–H groups in total. The molecule has 1 aromatic carbocycles. The molecule has 2 unspecified atom stereocenters. The van der Waals surface area contributed by atoms with Crippen molar-refractivity contribution in [3.05, 3.63) is 35.4 Å². The van der Waals surface area contributed by atoms with E-state index in [4.69, 9.17) is 4.74 Å². The second-order valence-corrected chi connectivity index (χ2v) is 6.15. The number of nitrogens with zero attached hydrogens (tertiary/aromatic N) is 1. The van der Waals surface area contributed by atoms with Crippen LogP contribution in [-0.2, 0) is 4.74 Å². The average molecular weight is 290 g/mol. The summed E-state index contributed by atoms with van der Waals surface area (Å²) < 4.78 is 5.30. The molecular formula is C18H30N2O. The Kier molecular flexibility index (Phi) is 6.22. The maximum Gasteiger partial charge on any atom is 0.0589 e. The number of aryl methyl sites for hydroxylation is 1. The molecule has 0 spiro atoms. The fraction of sp³-hybridized carbons (Fsp3) is 0.667. The molecule has 0 aromatic heterocycles. The van der Waals surface area contributed by atoms with Gasteiger partial charge in [0.2, 0.25) is 0 Å². The van der Waals surface area contributed by atoms with Gasteiger partial charge >= 0.3 is 0 Å². The first-order valence-electron chi connectivity index (χ1n) is 8.22. The van der Waals surface area contributed by atoms with Gasteiger partial charge in [-0.15, -0.1) is 0 Å². The lowest BCUT2D eigenvalue weighted by Gasteiger charge is -2.35. The van der Waals surface area contributed by atoms with Crippen molar-refractivity contribution in [3.63, 3.8) is 0 Å². The van der Waals surface area contributed by atoms with Crippen molar-refractivity contribution >= 4 is 0 Å². The van der Waals surface area contributed by atoms with Crippen molar-refractivity contribution in [2.75, 3.05) is 26.8 Å². The fourth-order valence-electron chi connectivity index (χ4n) is 3.07. The first kappa shape index (κ1) is 16.5. The van der Waals surface area contributed by atoms with Gasteiger partial charge in [0.15, 0.2) is 0 Å². The first-order chi connectivity index (χ1) is 10.2. The molecule has 118 valence electrons. The number of ether oxygens (including phenoxy) is 1. The second kappa shape index (κ2) is 7.92. The van der Waals surface area contributed by atoms with Gasteiger partial charge in [-0.3, -0.25) is 4.90 Å². The molecule has 0 saturated heterocycles. The summed E-state index contributed by atoms with van der Waals surface area (Å²) in [4.78, 5) is 2.62. The van der Waals surface area contributed by atoms with Crippen molar-refractivity contribution in [1.82, 2.24) is 10.2 Å². The summed E-state index contributed by atoms with van der Waals surface area (Å²) in [7, 11) is 1.79. The van der Waals surface area contributed by atoms with E-state index in [0.717, 1.165) is 25.7 Å². The lowest BCUT2D eigenvalue weighted by atomic mass is 9.98. The maximum absolute atomic E-state index is 5.30. The van der Waals surface area contributed by atoms with Crippen LogP contribution in [0, 0.1) is 6.92 Å². The Balaban J connectivity index is 2.12. The topological polar surface area (TPSA) is 24.5 Å². The third kappa shape index (κ3) is 4.53. The molecule has 3 nitrogen and oxygen atoms in total. The fourth-order valence-corrected chi connectivity index (χ4v) is 3.07. The van der Waals surface area contributed by atoms with Gasteiger partial charge in [0, 0.05) is 31.8 Å². The number of hydrogen-bond acceptors (Lipinski definition) is 3. The standard InChI is InChI=1S/C18H30N2O/c1-5-19-18(16-8-6-14(2)7-9-16)15(3)20(12-13-21-4)17-10-11-17/h6-9,15,17-19H,5,10-13H2,1-4H3. The molecule has 0 radical (unpaired) electrons. The van der Waals surface area contributed by atoms with Crippen LogP contribution >= 0.6 is 0 Å². The molecule has 1 aromatic rings. The summed E-state index contributed by atoms with van der Waals surface area (Å²) in [6, 6.07) is 10.6. The van der Waals surface area contributed by atoms with Crippen LogP contribution in [0.1, 0.15) is 43.9 Å². The molecule has 1 saturated carbocycles. The molecule has 0 heterocycles. The lowest BCUT2D eigenvalue weighted by molar-refractivity contribution is 0.103. The SMILES string of the molecule is CCNC(c1ccc(C)cc1)C(C)N(CCOC)C1CC1. The number of nitrogens with one attached hydrogen (secondary N) is 1. The van der Waals surface area contributed by atoms with Crippen LogP contribution in [0.5, 0.6) is 0 Å². The van der Waals surface area contributed by atoms with Gasteiger partial charge in [-0.1, -0.05) is 36.8 Å². The third-order valence-corrected chi connectivity index (χ3v) is 4.44. The van der Waals surface area contributed by atoms with Crippen LogP contribution < -0.4 is 5.32 Å². The first-order valence-corrected chi connectivity index (χ1v) is 8.22. The molecule has 1 fully saturated rings. The van der Waals surface area contributed by atoms with E-state index in [1.165, 1.54) is 24.0 Å². The highest BCUT2D eigenvalue weighted by atomic mass is 16.5. The highest BCUT2D eigenvalue weighted by Gasteiger charge is 2.35. The van der Waals surface area contributed by atoms with E-state index >= 15 is 0 Å². The summed E-state index contributed by atoms with van der Waals surface area (Å²) in [6.45, 7) is 9.51. The smallest absolute Gasteiger partial charge is 0.0589 e. The van der Waals surface area contributed by atoms with E-state index < -0.39 is 0 Å². The molecule has 2 atom stereocenters. The van der Waals surface area contributed by atoms with Gasteiger partial charge in [-0.25, -0.2) is 0 Å². The zero-order valence-electron chi connectivity index (χ0n) is 13.9. The van der Waals surface area contributed by atoms with Gasteiger partial charge in [-0.05, 0) is 38.8 Å². The Labute approximate surface area is 129 Å². The van der Waals surface area contributed by atoms with Crippen LogP contribution in [0.3, 0.4) is 0 Å². The van der Waals surface area contributed by atoms with Gasteiger partial charge < -0.3 is 10.1 Å². The molecule has 1 aliphatic carbocycles. The molecule has 21 heavy (non-hydrogen) atoms. The Morgan fingerprint density at radius 2 is 1.95 bits per heavy atom. The van der Waals surface area contributed by atoms with E-state index in [1.54, 1.807) is 7.11 Å². The van der Waals surface area contributed by atoms with E-state index in [1.807, 2.05) is 0 Å². The molecule has 0 aliphatic heterocycles. The second-order valence-electron chi connectivity index (χ2n) is 6.15. The van der Waals surface area contributed by atoms with Gasteiger partial charge in [0.25, 0.3) is 0 Å². The monoisotopic (exact) mass is 290 g/mol. The number of methoxy groups -OCH3 is 1. The lowest BCUT2D eigenvalue weighted by Crippen LogP contribution is -2.45. The quantitative estimate of drug-likeness (QED) is 0.756. The Bertz CT molecular complexity index is 414. The summed E-state index contributed by atoms with van der Waals surface area (Å²) >= 11 is 0. The predicted molar refractivity (Wildman–Crippen MR) is 88.7 cm³/mol. The van der Waals surface area contributed by atoms with Crippen LogP contribution in [0.2, 0.25) is 0 Å². The summed E-state index contributed by atoms with van der Waals surface area (Å²) in [6.07, 6.45) is 2.67. The van der Waals surface area contributed by atoms with Crippen molar-refractivity contribution in [3.8, 4) is 0 Å². The minimum absolute atomic E-state index is 0.382. The van der Waals surface area contributed by atoms with E-state index in [9.17, 15) is 0 Å². The average Bonchev–Trinajstić information content (AvgIpc) is 3.31. The predicted octanol–water partition coefficient (Wildman–Crippen LogP) is 3.14. The van der Waals surface area contributed by atoms with Crippen LogP contribution in [0.15, 0.2) is 24.3 Å². The van der Waals surface area contributed by atoms with Gasteiger partial charge in [0.1, 0.15) is 0 Å². The molecule has 1 aliphatic rings. The Morgan fingerprint density at radius 1 is 1.29 bits per heavy atom. The minimum atomic E-state index is 0.382. The van der Waals surface area contributed by atoms with Crippen molar-refractivity contribution in [1.29, 1.82) is 0 Å². The summed E-state index contributed by atoms with van der Waals surface area (Å²) in [5, 5.41) is 3.68. The molecule has 2 rings (SSSR count). The largest absolute Gasteiger partial charge is 0.383 e. The van der Waals surface area contributed by atoms with Gasteiger partial charge in [0.05, 0.1) is 6.61 Å². The number of likely N-dealkylation sites (N-methyl/N-ethyl adjacent to an activating group) is 1. The highest BCUT2D eigenvalue weighted by molar-refractivity contribution is 5.25. The zero-order chi connectivity index (χ0) is 15.2. The molecule has 0 bridgehead atoms. The minimum Gasteiger partial charge on any atom is -0.383 e. The van der Waals surface area contributed by atoms with E-state index in [2.05, 4.69) is 55.3 Å². The molecule has 0 amide bonds. The van der Waals surface area contributed by atoms with Crippen LogP contribution in [0.4, 0.5) is 0 Å². The van der Waals surface area contributed by atoms with E-state index in [-0.39, 0.29) is 0 Å². The summed E-state index contributed by atoms with van der Waals surface area (Å²) in [5.74, 6) is 0. The highest BCUT2D eigenvalue weighted by Crippen LogP contribution is 2.32. The zero-order valence-corrected chi connectivity index (χ0v) is 13.9. The summed E-state index contributed by atoms with van der Waals surface area (Å²) in [5.41, 5.74) is 2.71. The Hall–Kier alpha value is -0.900. The maximum atomic E-state index is 5.30. The van der Waals surface area contributed by atoms with Crippen LogP contribution in [0.25, 0.3) is 0 Å². The number of hydrogen-bond donors (Lipinski definition) is 1. The van der Waals surface area contributed by atoms with Crippen molar-refractivity contribution in [2.45, 2.75) is 51.7 Å². The third-order valence-electron chi connectivity index (χ3n) is 4.44. The number of rotatable bonds is 9. The molecule has 3 heteroatoms. The van der Waals surface area contributed by atoms with Crippen LogP contribution in [-0.4, -0.2) is 43.8 Å². The van der Waals surface area contributed by atoms with Gasteiger partial charge in [-0.2, -0.15) is 0 Å².